The molecule has 0 aromatic rings. The van der Waals surface area contributed by atoms with Crippen LogP contribution in [-0.4, -0.2) is 0 Å². The molecule has 0 aliphatic carbocycles. The number of unbranched alkanes of at least 4 members (excludes halogenated alkanes) is 5. The number of hydrogen-bond donors (Lipinski definition) is 0. The highest BCUT2D eigenvalue weighted by molar-refractivity contribution is 5.11. The lowest BCUT2D eigenvalue weighted by atomic mass is 10.1. The Hall–Kier alpha value is -0.780. The Kier molecular flexibility index (Phi) is 12.5. The molecule has 0 saturated heterocycles. The zero-order valence-electron chi connectivity index (χ0n) is 10.1. The van der Waals surface area contributed by atoms with Crippen LogP contribution in [0.5, 0.6) is 0 Å². The molecule has 0 heteroatoms. The van der Waals surface area contributed by atoms with Gasteiger partial charge in [-0.05, 0) is 26.2 Å². The van der Waals surface area contributed by atoms with Crippen molar-refractivity contribution in [3.63, 3.8) is 0 Å². The van der Waals surface area contributed by atoms with Crippen molar-refractivity contribution in [2.24, 2.45) is 0 Å². The molecular formula is C15H25. The van der Waals surface area contributed by atoms with Crippen molar-refractivity contribution >= 4 is 0 Å². The highest BCUT2D eigenvalue weighted by Gasteiger charge is 1.85. The molecule has 0 spiro atoms. The van der Waals surface area contributed by atoms with E-state index in [2.05, 4.69) is 44.2 Å². The fourth-order valence-electron chi connectivity index (χ4n) is 1.34. The minimum absolute atomic E-state index is 0.867. The van der Waals surface area contributed by atoms with Gasteiger partial charge in [0.05, 0.1) is 0 Å². The Morgan fingerprint density at radius 2 is 1.47 bits per heavy atom. The van der Waals surface area contributed by atoms with Crippen molar-refractivity contribution < 1.29 is 0 Å². The summed E-state index contributed by atoms with van der Waals surface area (Å²) in [6.45, 7) is 5.98. The molecule has 85 valence electrons. The summed E-state index contributed by atoms with van der Waals surface area (Å²) in [4.78, 5) is 0. The molecular weight excluding hydrogens is 180 g/mol. The summed E-state index contributed by atoms with van der Waals surface area (Å²) in [5, 5.41) is 0. The lowest BCUT2D eigenvalue weighted by molar-refractivity contribution is 0.637. The Balaban J connectivity index is 3.23. The first-order chi connectivity index (χ1) is 7.41. The number of allylic oxidation sites excluding steroid dienone is 6. The topological polar surface area (TPSA) is 0 Å². The van der Waals surface area contributed by atoms with Crippen molar-refractivity contribution in [2.45, 2.75) is 51.9 Å². The van der Waals surface area contributed by atoms with Crippen molar-refractivity contribution in [1.29, 1.82) is 0 Å². The van der Waals surface area contributed by atoms with E-state index in [1.54, 1.807) is 0 Å². The Labute approximate surface area is 95.8 Å². The molecule has 0 fully saturated rings. The quantitative estimate of drug-likeness (QED) is 0.357. The average Bonchev–Trinajstić information content (AvgIpc) is 2.26. The van der Waals surface area contributed by atoms with Crippen LogP contribution in [0.3, 0.4) is 0 Å². The standard InChI is InChI=1S/C15H25/c1-3-5-7-9-11-13-15-14-12-10-8-6-4-2/h5,7,9,11,13,15H,1,3-4,6,8,10,12,14H2,2H3/b7-5+,11-9+,15-13+. The lowest BCUT2D eigenvalue weighted by Gasteiger charge is -1.95. The van der Waals surface area contributed by atoms with Gasteiger partial charge in [0.1, 0.15) is 0 Å². The van der Waals surface area contributed by atoms with Gasteiger partial charge in [-0.25, -0.2) is 0 Å². The van der Waals surface area contributed by atoms with Crippen LogP contribution in [0.25, 0.3) is 0 Å². The molecule has 0 aliphatic heterocycles. The Bertz CT molecular complexity index is 184. The molecule has 0 saturated carbocycles. The second-order valence-corrected chi connectivity index (χ2v) is 3.73. The smallest absolute Gasteiger partial charge is 0.0347 e. The molecule has 0 rings (SSSR count). The summed E-state index contributed by atoms with van der Waals surface area (Å²) >= 11 is 0. The second-order valence-electron chi connectivity index (χ2n) is 3.73. The van der Waals surface area contributed by atoms with E-state index in [1.807, 2.05) is 6.08 Å². The monoisotopic (exact) mass is 205 g/mol. The van der Waals surface area contributed by atoms with E-state index < -0.39 is 0 Å². The maximum atomic E-state index is 3.73. The summed E-state index contributed by atoms with van der Waals surface area (Å²) in [6.07, 6.45) is 21.5. The molecule has 15 heavy (non-hydrogen) atoms. The van der Waals surface area contributed by atoms with E-state index in [-0.39, 0.29) is 0 Å². The number of rotatable bonds is 9. The molecule has 0 heterocycles. The van der Waals surface area contributed by atoms with Gasteiger partial charge in [-0.15, -0.1) is 0 Å². The minimum Gasteiger partial charge on any atom is -0.0845 e. The van der Waals surface area contributed by atoms with E-state index >= 15 is 0 Å². The zero-order valence-corrected chi connectivity index (χ0v) is 10.1. The fourth-order valence-corrected chi connectivity index (χ4v) is 1.34. The van der Waals surface area contributed by atoms with Gasteiger partial charge < -0.3 is 0 Å². The Morgan fingerprint density at radius 3 is 2.13 bits per heavy atom. The van der Waals surface area contributed by atoms with Crippen molar-refractivity contribution in [2.75, 3.05) is 0 Å². The van der Waals surface area contributed by atoms with Gasteiger partial charge in [-0.3, -0.25) is 0 Å². The first kappa shape index (κ1) is 14.2. The van der Waals surface area contributed by atoms with E-state index in [4.69, 9.17) is 0 Å². The van der Waals surface area contributed by atoms with Gasteiger partial charge in [-0.2, -0.15) is 0 Å². The van der Waals surface area contributed by atoms with Gasteiger partial charge in [0.25, 0.3) is 0 Å². The van der Waals surface area contributed by atoms with Gasteiger partial charge >= 0.3 is 0 Å². The zero-order chi connectivity index (χ0) is 11.2. The van der Waals surface area contributed by atoms with Crippen LogP contribution in [-0.2, 0) is 0 Å². The lowest BCUT2D eigenvalue weighted by Crippen LogP contribution is -1.75. The third-order valence-electron chi connectivity index (χ3n) is 2.25. The summed E-state index contributed by atoms with van der Waals surface area (Å²) < 4.78 is 0. The number of hydrogen-bond acceptors (Lipinski definition) is 0. The van der Waals surface area contributed by atoms with E-state index in [1.165, 1.54) is 38.5 Å². The molecule has 1 radical (unpaired) electrons. The Morgan fingerprint density at radius 1 is 0.800 bits per heavy atom. The van der Waals surface area contributed by atoms with Crippen LogP contribution in [0.4, 0.5) is 0 Å². The van der Waals surface area contributed by atoms with Crippen LogP contribution in [0, 0.1) is 6.92 Å². The molecule has 0 aromatic heterocycles. The molecule has 0 bridgehead atoms. The first-order valence-corrected chi connectivity index (χ1v) is 6.19. The molecule has 0 amide bonds. The van der Waals surface area contributed by atoms with Crippen molar-refractivity contribution in [3.8, 4) is 0 Å². The largest absolute Gasteiger partial charge is 0.0845 e. The SMILES string of the molecule is [CH2]C/C=C/C=C/C=C/CCCCCCC. The third kappa shape index (κ3) is 13.2. The summed E-state index contributed by atoms with van der Waals surface area (Å²) in [5.74, 6) is 0. The van der Waals surface area contributed by atoms with Crippen LogP contribution >= 0.6 is 0 Å². The normalized spacial score (nSPS) is 12.4. The molecule has 0 atom stereocenters. The fraction of sp³-hybridized carbons (Fsp3) is 0.533. The summed E-state index contributed by atoms with van der Waals surface area (Å²) in [5.41, 5.74) is 0. The molecule has 0 aromatic carbocycles. The van der Waals surface area contributed by atoms with E-state index in [0.29, 0.717) is 0 Å². The molecule has 0 aliphatic rings. The van der Waals surface area contributed by atoms with Crippen LogP contribution in [0.1, 0.15) is 51.9 Å². The van der Waals surface area contributed by atoms with E-state index in [0.717, 1.165) is 6.42 Å². The predicted octanol–water partition coefficient (Wildman–Crippen LogP) is 5.24. The van der Waals surface area contributed by atoms with Gasteiger partial charge in [0.15, 0.2) is 0 Å². The molecule has 0 N–H and O–H groups in total. The first-order valence-electron chi connectivity index (χ1n) is 6.19. The van der Waals surface area contributed by atoms with Crippen LogP contribution < -0.4 is 0 Å². The van der Waals surface area contributed by atoms with E-state index in [9.17, 15) is 0 Å². The second kappa shape index (κ2) is 13.2. The molecule has 0 unspecified atom stereocenters. The summed E-state index contributed by atoms with van der Waals surface area (Å²) in [6, 6.07) is 0. The maximum Gasteiger partial charge on any atom is -0.0347 e. The maximum absolute atomic E-state index is 3.73. The van der Waals surface area contributed by atoms with Gasteiger partial charge in [-0.1, -0.05) is 69.1 Å². The highest BCUT2D eigenvalue weighted by atomic mass is 13.9. The van der Waals surface area contributed by atoms with Crippen LogP contribution in [0.2, 0.25) is 0 Å². The van der Waals surface area contributed by atoms with Crippen molar-refractivity contribution in [1.82, 2.24) is 0 Å². The molecule has 0 nitrogen and oxygen atoms in total. The summed E-state index contributed by atoms with van der Waals surface area (Å²) in [7, 11) is 0. The van der Waals surface area contributed by atoms with Crippen LogP contribution in [0.15, 0.2) is 36.5 Å². The van der Waals surface area contributed by atoms with Gasteiger partial charge in [0.2, 0.25) is 0 Å². The van der Waals surface area contributed by atoms with Crippen molar-refractivity contribution in [3.05, 3.63) is 43.4 Å². The average molecular weight is 205 g/mol. The van der Waals surface area contributed by atoms with Gasteiger partial charge in [0, 0.05) is 0 Å². The minimum atomic E-state index is 0.867. The predicted molar refractivity (Wildman–Crippen MR) is 70.8 cm³/mol. The highest BCUT2D eigenvalue weighted by Crippen LogP contribution is 2.05. The third-order valence-corrected chi connectivity index (χ3v) is 2.25.